The van der Waals surface area contributed by atoms with E-state index >= 15 is 0 Å². The highest BCUT2D eigenvalue weighted by Crippen LogP contribution is 2.32. The van der Waals surface area contributed by atoms with Crippen LogP contribution >= 0.6 is 35.4 Å². The first kappa shape index (κ1) is 26.0. The molecule has 2 aromatic carbocycles. The van der Waals surface area contributed by atoms with Crippen LogP contribution in [0.5, 0.6) is 5.75 Å². The monoisotopic (exact) mass is 555 g/mol. The molecule has 3 N–H and O–H groups in total. The van der Waals surface area contributed by atoms with Crippen LogP contribution in [0.3, 0.4) is 0 Å². The Morgan fingerprint density at radius 2 is 1.86 bits per heavy atom. The molecule has 188 valence electrons. The number of methoxy groups -OCH3 is 1. The number of hydrogen-bond donors (Lipinski definition) is 3. The standard InChI is InChI=1S/C26H19Cl2N3O5S/c1-34-23-14-16(5-9-20(23)30-25(33)22-3-2-12-35-22)29-26(37)31-24(32)11-7-17-6-10-21(36-17)18-8-4-15(27)13-19(18)28/h2-14H,1H3,(H,30,33)(H2,29,31,32,37)/b11-7+. The minimum Gasteiger partial charge on any atom is -0.494 e. The van der Waals surface area contributed by atoms with Crippen molar-refractivity contribution in [1.29, 1.82) is 0 Å². The Morgan fingerprint density at radius 3 is 2.59 bits per heavy atom. The quantitative estimate of drug-likeness (QED) is 0.173. The molecule has 2 heterocycles. The lowest BCUT2D eigenvalue weighted by Crippen LogP contribution is -2.32. The Labute approximate surface area is 227 Å². The second-order valence-corrected chi connectivity index (χ2v) is 8.70. The molecule has 2 aromatic heterocycles. The molecule has 0 fully saturated rings. The minimum absolute atomic E-state index is 0.0668. The van der Waals surface area contributed by atoms with Crippen LogP contribution in [0.1, 0.15) is 16.3 Å². The lowest BCUT2D eigenvalue weighted by atomic mass is 10.2. The van der Waals surface area contributed by atoms with Gasteiger partial charge in [0.15, 0.2) is 10.9 Å². The predicted octanol–water partition coefficient (Wildman–Crippen LogP) is 6.63. The fourth-order valence-electron chi connectivity index (χ4n) is 3.21. The highest BCUT2D eigenvalue weighted by molar-refractivity contribution is 7.80. The molecule has 4 aromatic rings. The van der Waals surface area contributed by atoms with Gasteiger partial charge in [-0.15, -0.1) is 0 Å². The van der Waals surface area contributed by atoms with E-state index in [1.807, 2.05) is 0 Å². The SMILES string of the molecule is COc1cc(NC(=S)NC(=O)/C=C/c2ccc(-c3ccc(Cl)cc3Cl)o2)ccc1NC(=O)c1ccco1. The third-order valence-electron chi connectivity index (χ3n) is 4.91. The van der Waals surface area contributed by atoms with Gasteiger partial charge >= 0.3 is 0 Å². The zero-order chi connectivity index (χ0) is 26.4. The van der Waals surface area contributed by atoms with Crippen LogP contribution in [0.2, 0.25) is 10.0 Å². The molecule has 0 unspecified atom stereocenters. The number of thiocarbonyl (C=S) groups is 1. The summed E-state index contributed by atoms with van der Waals surface area (Å²) >= 11 is 17.4. The van der Waals surface area contributed by atoms with E-state index in [1.54, 1.807) is 60.7 Å². The van der Waals surface area contributed by atoms with Crippen molar-refractivity contribution >= 4 is 69.8 Å². The Hall–Kier alpha value is -4.05. The minimum atomic E-state index is -0.464. The summed E-state index contributed by atoms with van der Waals surface area (Å²) in [7, 11) is 1.47. The van der Waals surface area contributed by atoms with E-state index in [4.69, 9.17) is 49.0 Å². The summed E-state index contributed by atoms with van der Waals surface area (Å²) in [5, 5.41) is 9.20. The number of furan rings is 2. The number of carbonyl (C=O) groups is 2. The van der Waals surface area contributed by atoms with Gasteiger partial charge in [-0.25, -0.2) is 0 Å². The van der Waals surface area contributed by atoms with Crippen LogP contribution in [0.4, 0.5) is 11.4 Å². The van der Waals surface area contributed by atoms with Gasteiger partial charge in [0.25, 0.3) is 5.91 Å². The smallest absolute Gasteiger partial charge is 0.291 e. The molecule has 0 bridgehead atoms. The predicted molar refractivity (Wildman–Crippen MR) is 147 cm³/mol. The summed E-state index contributed by atoms with van der Waals surface area (Å²) in [5.41, 5.74) is 1.66. The molecule has 2 amide bonds. The van der Waals surface area contributed by atoms with Crippen LogP contribution in [0.25, 0.3) is 17.4 Å². The van der Waals surface area contributed by atoms with Gasteiger partial charge in [-0.2, -0.15) is 0 Å². The van der Waals surface area contributed by atoms with E-state index in [2.05, 4.69) is 16.0 Å². The van der Waals surface area contributed by atoms with E-state index in [-0.39, 0.29) is 10.9 Å². The number of rotatable bonds is 7. The Kier molecular flexibility index (Phi) is 8.29. The second kappa shape index (κ2) is 11.8. The van der Waals surface area contributed by atoms with Crippen molar-refractivity contribution in [3.8, 4) is 17.1 Å². The van der Waals surface area contributed by atoms with Gasteiger partial charge in [-0.3, -0.25) is 14.9 Å². The summed E-state index contributed by atoms with van der Waals surface area (Å²) in [6.07, 6.45) is 4.20. The largest absolute Gasteiger partial charge is 0.494 e. The first-order valence-electron chi connectivity index (χ1n) is 10.7. The molecule has 0 atom stereocenters. The van der Waals surface area contributed by atoms with Gasteiger partial charge in [0, 0.05) is 28.4 Å². The third-order valence-corrected chi connectivity index (χ3v) is 5.66. The molecule has 4 rings (SSSR count). The average Bonchev–Trinajstić information content (AvgIpc) is 3.56. The van der Waals surface area contributed by atoms with Gasteiger partial charge in [0.05, 0.1) is 24.1 Å². The molecular weight excluding hydrogens is 537 g/mol. The number of hydrogen-bond acceptors (Lipinski definition) is 6. The number of amides is 2. The van der Waals surface area contributed by atoms with Crippen molar-refractivity contribution < 1.29 is 23.2 Å². The van der Waals surface area contributed by atoms with Crippen LogP contribution < -0.4 is 20.7 Å². The zero-order valence-corrected chi connectivity index (χ0v) is 21.5. The number of anilines is 2. The maximum absolute atomic E-state index is 12.3. The number of benzene rings is 2. The molecule has 0 aliphatic rings. The van der Waals surface area contributed by atoms with Gasteiger partial charge in [0.2, 0.25) is 5.91 Å². The van der Waals surface area contributed by atoms with E-state index < -0.39 is 11.8 Å². The Bertz CT molecular complexity index is 1480. The molecule has 0 saturated carbocycles. The van der Waals surface area contributed by atoms with Crippen molar-refractivity contribution in [2.75, 3.05) is 17.7 Å². The number of halogens is 2. The van der Waals surface area contributed by atoms with E-state index in [1.165, 1.54) is 25.5 Å². The summed E-state index contributed by atoms with van der Waals surface area (Å²) in [6, 6.07) is 16.6. The van der Waals surface area contributed by atoms with Crippen LogP contribution in [0.15, 0.2) is 81.8 Å². The van der Waals surface area contributed by atoms with Gasteiger partial charge < -0.3 is 24.2 Å². The maximum Gasteiger partial charge on any atom is 0.291 e. The lowest BCUT2D eigenvalue weighted by Gasteiger charge is -2.13. The Morgan fingerprint density at radius 1 is 1.03 bits per heavy atom. The zero-order valence-electron chi connectivity index (χ0n) is 19.2. The van der Waals surface area contributed by atoms with E-state index in [9.17, 15) is 9.59 Å². The lowest BCUT2D eigenvalue weighted by molar-refractivity contribution is -0.115. The normalized spacial score (nSPS) is 10.8. The van der Waals surface area contributed by atoms with Crippen molar-refractivity contribution in [3.05, 3.63) is 94.6 Å². The van der Waals surface area contributed by atoms with Crippen molar-refractivity contribution in [1.82, 2.24) is 5.32 Å². The summed E-state index contributed by atoms with van der Waals surface area (Å²) in [4.78, 5) is 24.5. The average molecular weight is 556 g/mol. The topological polar surface area (TPSA) is 106 Å². The second-order valence-electron chi connectivity index (χ2n) is 7.45. The van der Waals surface area contributed by atoms with Gasteiger partial charge in [0.1, 0.15) is 17.3 Å². The van der Waals surface area contributed by atoms with Crippen LogP contribution in [0, 0.1) is 0 Å². The fourth-order valence-corrected chi connectivity index (χ4v) is 3.93. The van der Waals surface area contributed by atoms with Gasteiger partial charge in [-0.1, -0.05) is 23.2 Å². The molecular formula is C26H19Cl2N3O5S. The van der Waals surface area contributed by atoms with Crippen molar-refractivity contribution in [2.24, 2.45) is 0 Å². The summed E-state index contributed by atoms with van der Waals surface area (Å²) in [6.45, 7) is 0. The summed E-state index contributed by atoms with van der Waals surface area (Å²) in [5.74, 6) is 0.658. The number of ether oxygens (including phenoxy) is 1. The number of nitrogens with one attached hydrogen (secondary N) is 3. The highest BCUT2D eigenvalue weighted by atomic mass is 35.5. The molecule has 0 saturated heterocycles. The fraction of sp³-hybridized carbons (Fsp3) is 0.0385. The number of carbonyl (C=O) groups excluding carboxylic acids is 2. The molecule has 11 heteroatoms. The Balaban J connectivity index is 1.33. The first-order valence-corrected chi connectivity index (χ1v) is 11.9. The maximum atomic E-state index is 12.3. The van der Waals surface area contributed by atoms with E-state index in [0.29, 0.717) is 44.3 Å². The third kappa shape index (κ3) is 6.79. The molecule has 8 nitrogen and oxygen atoms in total. The molecule has 37 heavy (non-hydrogen) atoms. The van der Waals surface area contributed by atoms with Crippen LogP contribution in [-0.4, -0.2) is 24.0 Å². The first-order chi connectivity index (χ1) is 17.8. The van der Waals surface area contributed by atoms with Crippen molar-refractivity contribution in [2.45, 2.75) is 0 Å². The van der Waals surface area contributed by atoms with Crippen molar-refractivity contribution in [3.63, 3.8) is 0 Å². The molecule has 0 spiro atoms. The molecule has 0 aliphatic carbocycles. The molecule has 0 aliphatic heterocycles. The summed E-state index contributed by atoms with van der Waals surface area (Å²) < 4.78 is 16.2. The highest BCUT2D eigenvalue weighted by Gasteiger charge is 2.13. The molecule has 0 radical (unpaired) electrons. The van der Waals surface area contributed by atoms with Crippen LogP contribution in [-0.2, 0) is 4.79 Å². The van der Waals surface area contributed by atoms with Gasteiger partial charge in [-0.05, 0) is 72.9 Å². The van der Waals surface area contributed by atoms with E-state index in [0.717, 1.165) is 0 Å².